The topological polar surface area (TPSA) is 119 Å². The standard InChI is InChI=1S/C25H24FN5O5/c1-2-19(33)30-6-7-31-15(13-30)14-36-23-16(12-27)22(20-17(26)4-3-5-18(20)32)28-24(21(23)25(31)34)29-8-10-35-11-9-29/h2-5,15,32H,1,6-11,13-14H2/t15-/m1/s1. The number of hydrogen-bond donors (Lipinski definition) is 1. The molecule has 4 heterocycles. The molecule has 11 heteroatoms. The van der Waals surface area contributed by atoms with E-state index in [1.165, 1.54) is 18.2 Å². The third kappa shape index (κ3) is 3.89. The molecule has 3 aliphatic rings. The number of aromatic nitrogens is 1. The molecule has 5 rings (SSSR count). The highest BCUT2D eigenvalue weighted by Gasteiger charge is 2.41. The Bertz CT molecular complexity index is 1270. The molecule has 0 spiro atoms. The molecule has 1 N–H and O–H groups in total. The van der Waals surface area contributed by atoms with Crippen LogP contribution in [0.1, 0.15) is 15.9 Å². The van der Waals surface area contributed by atoms with Crippen LogP contribution in [0, 0.1) is 17.1 Å². The number of fused-ring (bicyclic) bond motifs is 2. The lowest BCUT2D eigenvalue weighted by Gasteiger charge is -2.39. The summed E-state index contributed by atoms with van der Waals surface area (Å²) in [6.07, 6.45) is 1.23. The smallest absolute Gasteiger partial charge is 0.261 e. The van der Waals surface area contributed by atoms with Crippen molar-refractivity contribution in [2.45, 2.75) is 6.04 Å². The van der Waals surface area contributed by atoms with E-state index in [9.17, 15) is 24.3 Å². The van der Waals surface area contributed by atoms with Crippen LogP contribution < -0.4 is 9.64 Å². The third-order valence-electron chi connectivity index (χ3n) is 6.65. The predicted octanol–water partition coefficient (Wildman–Crippen LogP) is 1.53. The summed E-state index contributed by atoms with van der Waals surface area (Å²) in [5, 5.41) is 20.6. The molecule has 1 aromatic heterocycles. The van der Waals surface area contributed by atoms with Crippen LogP contribution in [-0.2, 0) is 9.53 Å². The maximum absolute atomic E-state index is 14.9. The number of aromatic hydroxyl groups is 1. The molecular formula is C25H24FN5O5. The quantitative estimate of drug-likeness (QED) is 0.640. The highest BCUT2D eigenvalue weighted by Crippen LogP contribution is 2.43. The Hall–Kier alpha value is -4.17. The predicted molar refractivity (Wildman–Crippen MR) is 126 cm³/mol. The lowest BCUT2D eigenvalue weighted by atomic mass is 10.00. The lowest BCUT2D eigenvalue weighted by Crippen LogP contribution is -2.57. The summed E-state index contributed by atoms with van der Waals surface area (Å²) < 4.78 is 26.5. The monoisotopic (exact) mass is 493 g/mol. The minimum atomic E-state index is -0.761. The van der Waals surface area contributed by atoms with E-state index in [-0.39, 0.29) is 71.2 Å². The van der Waals surface area contributed by atoms with E-state index in [0.29, 0.717) is 32.8 Å². The fraction of sp³-hybridized carbons (Fsp3) is 0.360. The fourth-order valence-electron chi connectivity index (χ4n) is 4.84. The Morgan fingerprint density at radius 3 is 2.72 bits per heavy atom. The zero-order valence-corrected chi connectivity index (χ0v) is 19.4. The van der Waals surface area contributed by atoms with Crippen LogP contribution in [0.4, 0.5) is 10.2 Å². The van der Waals surface area contributed by atoms with Gasteiger partial charge in [-0.2, -0.15) is 5.26 Å². The molecule has 0 radical (unpaired) electrons. The molecule has 2 amide bonds. The second-order valence-electron chi connectivity index (χ2n) is 8.66. The van der Waals surface area contributed by atoms with Crippen molar-refractivity contribution in [1.29, 1.82) is 5.26 Å². The number of anilines is 1. The number of hydrogen-bond acceptors (Lipinski definition) is 8. The van der Waals surface area contributed by atoms with Gasteiger partial charge in [0.15, 0.2) is 5.75 Å². The first-order valence-electron chi connectivity index (χ1n) is 11.6. The Labute approximate surface area is 206 Å². The highest BCUT2D eigenvalue weighted by molar-refractivity contribution is 6.04. The van der Waals surface area contributed by atoms with Gasteiger partial charge in [-0.15, -0.1) is 0 Å². The zero-order valence-electron chi connectivity index (χ0n) is 19.4. The SMILES string of the molecule is C=CC(=O)N1CCN2C(=O)c3c(N4CCOCC4)nc(-c4c(O)cccc4F)c(C#N)c3OC[C@H]2C1. The van der Waals surface area contributed by atoms with E-state index in [4.69, 9.17) is 9.47 Å². The van der Waals surface area contributed by atoms with Gasteiger partial charge in [-0.05, 0) is 18.2 Å². The summed E-state index contributed by atoms with van der Waals surface area (Å²) in [5.74, 6) is -1.54. The molecule has 2 saturated heterocycles. The van der Waals surface area contributed by atoms with E-state index in [2.05, 4.69) is 11.6 Å². The molecular weight excluding hydrogens is 469 g/mol. The number of piperazine rings is 1. The molecule has 36 heavy (non-hydrogen) atoms. The fourth-order valence-corrected chi connectivity index (χ4v) is 4.84. The van der Waals surface area contributed by atoms with Crippen molar-refractivity contribution in [1.82, 2.24) is 14.8 Å². The van der Waals surface area contributed by atoms with Gasteiger partial charge in [-0.25, -0.2) is 9.37 Å². The van der Waals surface area contributed by atoms with Crippen LogP contribution in [0.3, 0.4) is 0 Å². The number of nitriles is 1. The van der Waals surface area contributed by atoms with Crippen LogP contribution in [0.5, 0.6) is 11.5 Å². The molecule has 0 aliphatic carbocycles. The van der Waals surface area contributed by atoms with E-state index in [0.717, 1.165) is 6.07 Å². The number of nitrogens with zero attached hydrogens (tertiary/aromatic N) is 5. The van der Waals surface area contributed by atoms with Gasteiger partial charge in [-0.1, -0.05) is 12.6 Å². The summed E-state index contributed by atoms with van der Waals surface area (Å²) in [5.41, 5.74) is -0.384. The average molecular weight is 493 g/mol. The van der Waals surface area contributed by atoms with Crippen molar-refractivity contribution in [2.24, 2.45) is 0 Å². The van der Waals surface area contributed by atoms with E-state index >= 15 is 0 Å². The van der Waals surface area contributed by atoms with Gasteiger partial charge >= 0.3 is 0 Å². The number of phenolic OH excluding ortho intramolecular Hbond substituents is 1. The van der Waals surface area contributed by atoms with E-state index in [1.807, 2.05) is 11.0 Å². The van der Waals surface area contributed by atoms with Crippen LogP contribution in [0.2, 0.25) is 0 Å². The van der Waals surface area contributed by atoms with Crippen molar-refractivity contribution >= 4 is 17.6 Å². The number of pyridine rings is 1. The van der Waals surface area contributed by atoms with E-state index < -0.39 is 11.9 Å². The number of morpholine rings is 1. The maximum atomic E-state index is 14.9. The highest BCUT2D eigenvalue weighted by atomic mass is 19.1. The van der Waals surface area contributed by atoms with Gasteiger partial charge in [0.05, 0.1) is 24.8 Å². The van der Waals surface area contributed by atoms with Crippen molar-refractivity contribution in [3.05, 3.63) is 47.8 Å². The number of amides is 2. The van der Waals surface area contributed by atoms with Crippen molar-refractivity contribution in [2.75, 3.05) is 57.4 Å². The summed E-state index contributed by atoms with van der Waals surface area (Å²) >= 11 is 0. The Kier molecular flexibility index (Phi) is 6.20. The van der Waals surface area contributed by atoms with Crippen molar-refractivity contribution in [3.63, 3.8) is 0 Å². The Morgan fingerprint density at radius 1 is 1.25 bits per heavy atom. The molecule has 1 atom stereocenters. The minimum Gasteiger partial charge on any atom is -0.507 e. The zero-order chi connectivity index (χ0) is 25.4. The second-order valence-corrected chi connectivity index (χ2v) is 8.66. The van der Waals surface area contributed by atoms with Crippen molar-refractivity contribution < 1.29 is 28.6 Å². The van der Waals surface area contributed by atoms with Gasteiger partial charge in [-0.3, -0.25) is 9.59 Å². The van der Waals surface area contributed by atoms with Crippen LogP contribution >= 0.6 is 0 Å². The number of rotatable bonds is 3. The van der Waals surface area contributed by atoms with Crippen LogP contribution in [0.25, 0.3) is 11.3 Å². The number of carbonyl (C=O) groups is 2. The average Bonchev–Trinajstić information content (AvgIpc) is 3.04. The molecule has 3 aliphatic heterocycles. The first-order chi connectivity index (χ1) is 17.4. The van der Waals surface area contributed by atoms with Gasteiger partial charge in [0, 0.05) is 32.7 Å². The van der Waals surface area contributed by atoms with Gasteiger partial charge in [0.2, 0.25) is 5.91 Å². The third-order valence-corrected chi connectivity index (χ3v) is 6.65. The number of phenols is 1. The van der Waals surface area contributed by atoms with Crippen LogP contribution in [-0.4, -0.2) is 90.3 Å². The normalized spacial score (nSPS) is 19.5. The molecule has 0 saturated carbocycles. The number of benzene rings is 1. The van der Waals surface area contributed by atoms with E-state index in [1.54, 1.807) is 9.80 Å². The molecule has 0 bridgehead atoms. The number of carbonyl (C=O) groups excluding carboxylic acids is 2. The Morgan fingerprint density at radius 2 is 2.03 bits per heavy atom. The second kappa shape index (κ2) is 9.47. The minimum absolute atomic E-state index is 0.00681. The summed E-state index contributed by atoms with van der Waals surface area (Å²) in [6.45, 7) is 6.04. The van der Waals surface area contributed by atoms with Crippen molar-refractivity contribution in [3.8, 4) is 28.8 Å². The summed E-state index contributed by atoms with van der Waals surface area (Å²) in [7, 11) is 0. The lowest BCUT2D eigenvalue weighted by molar-refractivity contribution is -0.128. The number of ether oxygens (including phenoxy) is 2. The first kappa shape index (κ1) is 23.6. The molecule has 2 fully saturated rings. The summed E-state index contributed by atoms with van der Waals surface area (Å²) in [4.78, 5) is 35.8. The first-order valence-corrected chi connectivity index (χ1v) is 11.6. The van der Waals surface area contributed by atoms with Gasteiger partial charge < -0.3 is 29.3 Å². The Balaban J connectivity index is 1.69. The molecule has 10 nitrogen and oxygen atoms in total. The molecule has 1 aromatic carbocycles. The maximum Gasteiger partial charge on any atom is 0.261 e. The number of halogens is 1. The largest absolute Gasteiger partial charge is 0.507 e. The molecule has 0 unspecified atom stereocenters. The van der Waals surface area contributed by atoms with Gasteiger partial charge in [0.1, 0.15) is 46.9 Å². The van der Waals surface area contributed by atoms with Gasteiger partial charge in [0.25, 0.3) is 5.91 Å². The summed E-state index contributed by atoms with van der Waals surface area (Å²) in [6, 6.07) is 5.37. The van der Waals surface area contributed by atoms with Crippen LogP contribution in [0.15, 0.2) is 30.9 Å². The molecule has 186 valence electrons. The molecule has 2 aromatic rings.